The number of hydrogen-bond acceptors (Lipinski definition) is 5. The molecule has 0 spiro atoms. The van der Waals surface area contributed by atoms with Gasteiger partial charge in [-0.1, -0.05) is 12.2 Å². The zero-order valence-electron chi connectivity index (χ0n) is 11.5. The van der Waals surface area contributed by atoms with Crippen molar-refractivity contribution in [3.8, 4) is 0 Å². The minimum absolute atomic E-state index is 0.0317. The van der Waals surface area contributed by atoms with Gasteiger partial charge in [0.25, 0.3) is 0 Å². The van der Waals surface area contributed by atoms with E-state index in [1.807, 2.05) is 26.0 Å². The topological polar surface area (TPSA) is 54.0 Å². The van der Waals surface area contributed by atoms with Gasteiger partial charge >= 0.3 is 5.97 Å². The summed E-state index contributed by atoms with van der Waals surface area (Å²) in [4.78, 5) is 11.1. The van der Waals surface area contributed by atoms with Crippen LogP contribution in [-0.2, 0) is 23.7 Å². The third-order valence-electron chi connectivity index (χ3n) is 2.18. The fourth-order valence-electron chi connectivity index (χ4n) is 1.52. The predicted octanol–water partition coefficient (Wildman–Crippen LogP) is 1.66. The number of hydrogen-bond donors (Lipinski definition) is 0. The number of esters is 1. The number of ether oxygens (including phenoxy) is 4. The van der Waals surface area contributed by atoms with Crippen molar-refractivity contribution in [1.82, 2.24) is 0 Å². The normalized spacial score (nSPS) is 22.8. The van der Waals surface area contributed by atoms with Crippen molar-refractivity contribution in [2.45, 2.75) is 45.7 Å². The highest BCUT2D eigenvalue weighted by atomic mass is 16.7. The van der Waals surface area contributed by atoms with E-state index in [-0.39, 0.29) is 24.8 Å². The molecule has 0 aromatic rings. The van der Waals surface area contributed by atoms with Crippen molar-refractivity contribution in [2.75, 3.05) is 19.8 Å². The van der Waals surface area contributed by atoms with Crippen LogP contribution in [0.4, 0.5) is 0 Å². The monoisotopic (exact) mass is 258 g/mol. The van der Waals surface area contributed by atoms with Gasteiger partial charge in [0.05, 0.1) is 19.3 Å². The molecule has 0 aliphatic carbocycles. The Morgan fingerprint density at radius 2 is 2.22 bits per heavy atom. The van der Waals surface area contributed by atoms with E-state index in [1.165, 1.54) is 0 Å². The highest BCUT2D eigenvalue weighted by Crippen LogP contribution is 2.22. The lowest BCUT2D eigenvalue weighted by Crippen LogP contribution is -2.20. The van der Waals surface area contributed by atoms with E-state index in [2.05, 4.69) is 0 Å². The summed E-state index contributed by atoms with van der Waals surface area (Å²) < 4.78 is 21.1. The van der Waals surface area contributed by atoms with Crippen LogP contribution in [0.3, 0.4) is 0 Å². The molecular formula is C13H22O5. The lowest BCUT2D eigenvalue weighted by Gasteiger charge is -2.15. The van der Waals surface area contributed by atoms with Crippen molar-refractivity contribution in [3.63, 3.8) is 0 Å². The average molecular weight is 258 g/mol. The van der Waals surface area contributed by atoms with Crippen LogP contribution in [0.1, 0.15) is 27.7 Å². The first kappa shape index (κ1) is 15.1. The molecule has 1 aliphatic rings. The van der Waals surface area contributed by atoms with Crippen molar-refractivity contribution < 1.29 is 23.7 Å². The molecule has 18 heavy (non-hydrogen) atoms. The SMILES string of the molecule is CC(C)OC(=O)COC/C=C\[C@H]1COC(C)(C)O1. The third kappa shape index (κ3) is 6.14. The number of rotatable bonds is 6. The van der Waals surface area contributed by atoms with Crippen LogP contribution in [0.2, 0.25) is 0 Å². The minimum Gasteiger partial charge on any atom is -0.461 e. The lowest BCUT2D eigenvalue weighted by atomic mass is 10.3. The van der Waals surface area contributed by atoms with Gasteiger partial charge in [-0.25, -0.2) is 4.79 Å². The molecule has 5 heteroatoms. The Hall–Kier alpha value is -0.910. The molecule has 1 saturated heterocycles. The van der Waals surface area contributed by atoms with Gasteiger partial charge in [0.15, 0.2) is 5.79 Å². The van der Waals surface area contributed by atoms with E-state index in [9.17, 15) is 4.79 Å². The van der Waals surface area contributed by atoms with Crippen LogP contribution in [0, 0.1) is 0 Å². The van der Waals surface area contributed by atoms with Gasteiger partial charge in [-0.05, 0) is 27.7 Å². The van der Waals surface area contributed by atoms with Gasteiger partial charge in [-0.2, -0.15) is 0 Å². The fraction of sp³-hybridized carbons (Fsp3) is 0.769. The quantitative estimate of drug-likeness (QED) is 0.412. The second-order valence-electron chi connectivity index (χ2n) is 4.85. The first-order chi connectivity index (χ1) is 8.39. The van der Waals surface area contributed by atoms with Gasteiger partial charge < -0.3 is 18.9 Å². The molecule has 0 aromatic carbocycles. The molecule has 1 atom stereocenters. The van der Waals surface area contributed by atoms with Crippen molar-refractivity contribution in [3.05, 3.63) is 12.2 Å². The van der Waals surface area contributed by atoms with Crippen LogP contribution in [0.15, 0.2) is 12.2 Å². The summed E-state index contributed by atoms with van der Waals surface area (Å²) in [6, 6.07) is 0. The summed E-state index contributed by atoms with van der Waals surface area (Å²) >= 11 is 0. The summed E-state index contributed by atoms with van der Waals surface area (Å²) in [6.07, 6.45) is 3.54. The van der Waals surface area contributed by atoms with Crippen molar-refractivity contribution >= 4 is 5.97 Å². The van der Waals surface area contributed by atoms with E-state index in [0.717, 1.165) is 0 Å². The summed E-state index contributed by atoms with van der Waals surface area (Å²) in [6.45, 7) is 8.22. The standard InChI is InChI=1S/C13H22O5/c1-10(2)17-12(14)9-15-7-5-6-11-8-16-13(3,4)18-11/h5-6,10-11H,7-9H2,1-4H3/b6-5-/t11-/m0/s1. The Labute approximate surface area is 108 Å². The smallest absolute Gasteiger partial charge is 0.332 e. The van der Waals surface area contributed by atoms with E-state index in [1.54, 1.807) is 13.8 Å². The third-order valence-corrected chi connectivity index (χ3v) is 2.18. The average Bonchev–Trinajstić information content (AvgIpc) is 2.56. The van der Waals surface area contributed by atoms with E-state index < -0.39 is 5.79 Å². The molecule has 0 N–H and O–H groups in total. The van der Waals surface area contributed by atoms with Gasteiger partial charge in [-0.3, -0.25) is 0 Å². The molecule has 1 fully saturated rings. The van der Waals surface area contributed by atoms with Crippen molar-refractivity contribution in [1.29, 1.82) is 0 Å². The highest BCUT2D eigenvalue weighted by Gasteiger charge is 2.30. The molecule has 1 heterocycles. The Morgan fingerprint density at radius 1 is 1.50 bits per heavy atom. The zero-order valence-corrected chi connectivity index (χ0v) is 11.5. The maximum absolute atomic E-state index is 11.1. The molecule has 0 saturated carbocycles. The van der Waals surface area contributed by atoms with Gasteiger partial charge in [0.2, 0.25) is 0 Å². The molecule has 0 aromatic heterocycles. The zero-order chi connectivity index (χ0) is 13.6. The second kappa shape index (κ2) is 6.87. The van der Waals surface area contributed by atoms with Crippen LogP contribution in [-0.4, -0.2) is 43.8 Å². The van der Waals surface area contributed by atoms with Gasteiger partial charge in [-0.15, -0.1) is 0 Å². The Kier molecular flexibility index (Phi) is 5.78. The molecule has 5 nitrogen and oxygen atoms in total. The predicted molar refractivity (Wildman–Crippen MR) is 66.1 cm³/mol. The van der Waals surface area contributed by atoms with E-state index in [4.69, 9.17) is 18.9 Å². The first-order valence-electron chi connectivity index (χ1n) is 6.15. The first-order valence-corrected chi connectivity index (χ1v) is 6.15. The molecular weight excluding hydrogens is 236 g/mol. The largest absolute Gasteiger partial charge is 0.461 e. The summed E-state index contributed by atoms with van der Waals surface area (Å²) in [5, 5.41) is 0. The molecule has 0 radical (unpaired) electrons. The molecule has 1 aliphatic heterocycles. The summed E-state index contributed by atoms with van der Waals surface area (Å²) in [5.41, 5.74) is 0. The highest BCUT2D eigenvalue weighted by molar-refractivity contribution is 5.70. The molecule has 0 bridgehead atoms. The lowest BCUT2D eigenvalue weighted by molar-refractivity contribution is -0.152. The second-order valence-corrected chi connectivity index (χ2v) is 4.85. The fourth-order valence-corrected chi connectivity index (χ4v) is 1.52. The maximum Gasteiger partial charge on any atom is 0.332 e. The van der Waals surface area contributed by atoms with E-state index >= 15 is 0 Å². The molecule has 104 valence electrons. The van der Waals surface area contributed by atoms with Crippen LogP contribution >= 0.6 is 0 Å². The Bertz CT molecular complexity index is 296. The van der Waals surface area contributed by atoms with E-state index in [0.29, 0.717) is 13.2 Å². The van der Waals surface area contributed by atoms with Crippen LogP contribution in [0.5, 0.6) is 0 Å². The van der Waals surface area contributed by atoms with Crippen molar-refractivity contribution in [2.24, 2.45) is 0 Å². The minimum atomic E-state index is -0.517. The van der Waals surface area contributed by atoms with Gasteiger partial charge in [0.1, 0.15) is 12.7 Å². The van der Waals surface area contributed by atoms with Gasteiger partial charge in [0, 0.05) is 0 Å². The van der Waals surface area contributed by atoms with Crippen LogP contribution in [0.25, 0.3) is 0 Å². The molecule has 0 amide bonds. The summed E-state index contributed by atoms with van der Waals surface area (Å²) in [5.74, 6) is -0.864. The Morgan fingerprint density at radius 3 is 2.78 bits per heavy atom. The summed E-state index contributed by atoms with van der Waals surface area (Å²) in [7, 11) is 0. The Balaban J connectivity index is 2.09. The maximum atomic E-state index is 11.1. The van der Waals surface area contributed by atoms with Crippen LogP contribution < -0.4 is 0 Å². The molecule has 1 rings (SSSR count). The number of carbonyl (C=O) groups is 1. The number of carbonyl (C=O) groups excluding carboxylic acids is 1. The molecule has 0 unspecified atom stereocenters.